The molecule has 1 fully saturated rings. The van der Waals surface area contributed by atoms with Crippen molar-refractivity contribution in [3.05, 3.63) is 28.7 Å². The number of hydrogen-bond acceptors (Lipinski definition) is 3. The largest absolute Gasteiger partial charge is 0.481 e. The number of carboxylic acid groups (broad SMARTS) is 1. The van der Waals surface area contributed by atoms with Crippen LogP contribution in [0.15, 0.2) is 28.7 Å². The van der Waals surface area contributed by atoms with E-state index in [9.17, 15) is 9.59 Å². The van der Waals surface area contributed by atoms with Crippen LogP contribution in [0.3, 0.4) is 0 Å². The topological polar surface area (TPSA) is 81.7 Å². The zero-order chi connectivity index (χ0) is 15.2. The summed E-state index contributed by atoms with van der Waals surface area (Å²) in [5.74, 6) is -0.919. The number of nitrogens with one attached hydrogen (secondary N) is 2. The first-order chi connectivity index (χ1) is 10.0. The molecule has 114 valence electrons. The molecule has 1 aliphatic heterocycles. The monoisotopic (exact) mass is 355 g/mol. The Morgan fingerprint density at radius 2 is 2.24 bits per heavy atom. The maximum Gasteiger partial charge on any atom is 0.315 e. The third kappa shape index (κ3) is 4.93. The first kappa shape index (κ1) is 15.6. The van der Waals surface area contributed by atoms with E-state index in [1.54, 1.807) is 0 Å². The van der Waals surface area contributed by atoms with Crippen LogP contribution in [0, 0.1) is 0 Å². The highest BCUT2D eigenvalue weighted by atomic mass is 79.9. The molecule has 21 heavy (non-hydrogen) atoms. The third-order valence-corrected chi connectivity index (χ3v) is 3.81. The molecule has 2 amide bonds. The standard InChI is InChI=1S/C14H18BrN3O3/c15-10-2-1-3-12(8-10)18-7-5-11(9-18)17-14(21)16-6-4-13(19)20/h1-3,8,11H,4-7,9H2,(H,19,20)(H2,16,17,21). The third-order valence-electron chi connectivity index (χ3n) is 3.32. The van der Waals surface area contributed by atoms with E-state index in [-0.39, 0.29) is 25.0 Å². The van der Waals surface area contributed by atoms with Crippen LogP contribution in [0.5, 0.6) is 0 Å². The molecule has 1 atom stereocenters. The van der Waals surface area contributed by atoms with Crippen LogP contribution in [-0.4, -0.2) is 42.8 Å². The summed E-state index contributed by atoms with van der Waals surface area (Å²) >= 11 is 3.45. The molecular formula is C14H18BrN3O3. The lowest BCUT2D eigenvalue weighted by Crippen LogP contribution is -2.43. The number of hydrogen-bond donors (Lipinski definition) is 3. The predicted molar refractivity (Wildman–Crippen MR) is 83.5 cm³/mol. The van der Waals surface area contributed by atoms with Gasteiger partial charge in [-0.25, -0.2) is 4.79 Å². The number of carboxylic acids is 1. The zero-order valence-corrected chi connectivity index (χ0v) is 13.1. The molecule has 1 saturated heterocycles. The highest BCUT2D eigenvalue weighted by Crippen LogP contribution is 2.23. The van der Waals surface area contributed by atoms with Gasteiger partial charge < -0.3 is 20.6 Å². The Bertz CT molecular complexity index is 524. The molecule has 2 rings (SSSR count). The van der Waals surface area contributed by atoms with E-state index < -0.39 is 5.97 Å². The van der Waals surface area contributed by atoms with Crippen molar-refractivity contribution < 1.29 is 14.7 Å². The Morgan fingerprint density at radius 1 is 1.43 bits per heavy atom. The number of rotatable bonds is 5. The SMILES string of the molecule is O=C(O)CCNC(=O)NC1CCN(c2cccc(Br)c2)C1. The summed E-state index contributed by atoms with van der Waals surface area (Å²) in [7, 11) is 0. The molecule has 0 spiro atoms. The highest BCUT2D eigenvalue weighted by molar-refractivity contribution is 9.10. The fourth-order valence-electron chi connectivity index (χ4n) is 2.30. The van der Waals surface area contributed by atoms with Gasteiger partial charge in [0.05, 0.1) is 6.42 Å². The second-order valence-electron chi connectivity index (χ2n) is 4.96. The molecule has 3 N–H and O–H groups in total. The molecular weight excluding hydrogens is 338 g/mol. The van der Waals surface area contributed by atoms with Crippen molar-refractivity contribution in [2.75, 3.05) is 24.5 Å². The van der Waals surface area contributed by atoms with Crippen molar-refractivity contribution in [1.82, 2.24) is 10.6 Å². The summed E-state index contributed by atoms with van der Waals surface area (Å²) in [4.78, 5) is 24.2. The van der Waals surface area contributed by atoms with Gasteiger partial charge in [-0.15, -0.1) is 0 Å². The van der Waals surface area contributed by atoms with Gasteiger partial charge in [-0.1, -0.05) is 22.0 Å². The van der Waals surface area contributed by atoms with Crippen molar-refractivity contribution >= 4 is 33.6 Å². The van der Waals surface area contributed by atoms with Gasteiger partial charge in [0.2, 0.25) is 0 Å². The minimum absolute atomic E-state index is 0.0672. The second kappa shape index (κ2) is 7.31. The smallest absolute Gasteiger partial charge is 0.315 e. The van der Waals surface area contributed by atoms with Crippen LogP contribution in [0.4, 0.5) is 10.5 Å². The van der Waals surface area contributed by atoms with Gasteiger partial charge in [-0.2, -0.15) is 0 Å². The molecule has 0 radical (unpaired) electrons. The molecule has 1 aliphatic rings. The Labute approximate surface area is 131 Å². The van der Waals surface area contributed by atoms with Crippen molar-refractivity contribution in [2.24, 2.45) is 0 Å². The number of amides is 2. The lowest BCUT2D eigenvalue weighted by atomic mass is 10.3. The van der Waals surface area contributed by atoms with Crippen molar-refractivity contribution in [1.29, 1.82) is 0 Å². The van der Waals surface area contributed by atoms with Crippen LogP contribution in [0.1, 0.15) is 12.8 Å². The maximum atomic E-state index is 11.6. The van der Waals surface area contributed by atoms with Gasteiger partial charge >= 0.3 is 12.0 Å². The van der Waals surface area contributed by atoms with Gasteiger partial charge in [0.1, 0.15) is 0 Å². The number of aliphatic carboxylic acids is 1. The van der Waals surface area contributed by atoms with Gasteiger partial charge in [0.15, 0.2) is 0 Å². The molecule has 1 unspecified atom stereocenters. The molecule has 0 saturated carbocycles. The molecule has 7 heteroatoms. The molecule has 6 nitrogen and oxygen atoms in total. The first-order valence-corrected chi connectivity index (χ1v) is 7.60. The normalized spacial score (nSPS) is 17.6. The minimum Gasteiger partial charge on any atom is -0.481 e. The van der Waals surface area contributed by atoms with E-state index in [0.717, 1.165) is 29.7 Å². The fraction of sp³-hybridized carbons (Fsp3) is 0.429. The number of halogens is 1. The van der Waals surface area contributed by atoms with E-state index >= 15 is 0 Å². The second-order valence-corrected chi connectivity index (χ2v) is 5.87. The first-order valence-electron chi connectivity index (χ1n) is 6.81. The Balaban J connectivity index is 1.77. The van der Waals surface area contributed by atoms with Crippen LogP contribution in [0.25, 0.3) is 0 Å². The summed E-state index contributed by atoms with van der Waals surface area (Å²) in [6.07, 6.45) is 0.807. The van der Waals surface area contributed by atoms with Gasteiger partial charge in [-0.05, 0) is 24.6 Å². The number of anilines is 1. The zero-order valence-electron chi connectivity index (χ0n) is 11.5. The summed E-state index contributed by atoms with van der Waals surface area (Å²) in [6, 6.07) is 7.82. The summed E-state index contributed by atoms with van der Waals surface area (Å²) < 4.78 is 1.03. The number of urea groups is 1. The van der Waals surface area contributed by atoms with Crippen molar-refractivity contribution in [3.63, 3.8) is 0 Å². The van der Waals surface area contributed by atoms with Gasteiger partial charge in [0.25, 0.3) is 0 Å². The quantitative estimate of drug-likeness (QED) is 0.752. The molecule has 0 aliphatic carbocycles. The lowest BCUT2D eigenvalue weighted by Gasteiger charge is -2.19. The summed E-state index contributed by atoms with van der Waals surface area (Å²) in [5.41, 5.74) is 1.12. The Morgan fingerprint density at radius 3 is 2.95 bits per heavy atom. The fourth-order valence-corrected chi connectivity index (χ4v) is 2.69. The number of carbonyl (C=O) groups is 2. The van der Waals surface area contributed by atoms with E-state index in [2.05, 4.69) is 37.5 Å². The summed E-state index contributed by atoms with van der Waals surface area (Å²) in [5, 5.41) is 13.9. The van der Waals surface area contributed by atoms with E-state index in [4.69, 9.17) is 5.11 Å². The minimum atomic E-state index is -0.919. The molecule has 1 heterocycles. The van der Waals surface area contributed by atoms with Crippen molar-refractivity contribution in [3.8, 4) is 0 Å². The van der Waals surface area contributed by atoms with Crippen LogP contribution >= 0.6 is 15.9 Å². The van der Waals surface area contributed by atoms with E-state index in [1.165, 1.54) is 0 Å². The maximum absolute atomic E-state index is 11.6. The van der Waals surface area contributed by atoms with Gasteiger partial charge in [-0.3, -0.25) is 4.79 Å². The van der Waals surface area contributed by atoms with E-state index in [0.29, 0.717) is 0 Å². The van der Waals surface area contributed by atoms with Crippen molar-refractivity contribution in [2.45, 2.75) is 18.9 Å². The Kier molecular flexibility index (Phi) is 5.44. The predicted octanol–water partition coefficient (Wildman–Crippen LogP) is 1.80. The highest BCUT2D eigenvalue weighted by Gasteiger charge is 2.24. The average Bonchev–Trinajstić information content (AvgIpc) is 2.86. The molecule has 1 aromatic rings. The van der Waals surface area contributed by atoms with Crippen LogP contribution in [-0.2, 0) is 4.79 Å². The number of carbonyl (C=O) groups excluding carboxylic acids is 1. The van der Waals surface area contributed by atoms with E-state index in [1.807, 2.05) is 18.2 Å². The average molecular weight is 356 g/mol. The lowest BCUT2D eigenvalue weighted by molar-refractivity contribution is -0.136. The molecule has 0 bridgehead atoms. The van der Waals surface area contributed by atoms with Crippen LogP contribution in [0.2, 0.25) is 0 Å². The van der Waals surface area contributed by atoms with Gasteiger partial charge in [0, 0.05) is 35.8 Å². The number of benzene rings is 1. The Hall–Kier alpha value is -1.76. The molecule has 0 aromatic heterocycles. The van der Waals surface area contributed by atoms with Crippen LogP contribution < -0.4 is 15.5 Å². The summed E-state index contributed by atoms with van der Waals surface area (Å²) in [6.45, 7) is 1.78. The molecule has 1 aromatic carbocycles. The number of nitrogens with zero attached hydrogens (tertiary/aromatic N) is 1.